The van der Waals surface area contributed by atoms with E-state index in [0.29, 0.717) is 26.1 Å². The second kappa shape index (κ2) is 8.00. The molecule has 2 heterocycles. The fourth-order valence-electron chi connectivity index (χ4n) is 3.48. The maximum atomic E-state index is 13.1. The molecule has 0 saturated carbocycles. The molecule has 152 valence electrons. The molecule has 1 aliphatic rings. The fraction of sp³-hybridized carbons (Fsp3) is 0.474. The summed E-state index contributed by atoms with van der Waals surface area (Å²) in [6.07, 6.45) is 0.813. The molecule has 0 radical (unpaired) electrons. The smallest absolute Gasteiger partial charge is 0.243 e. The van der Waals surface area contributed by atoms with Gasteiger partial charge in [0.1, 0.15) is 5.82 Å². The standard InChI is InChI=1S/C19H25FN4O3S/c1-14-18(15(2)22(3)21-14)13-19(25)23-9-4-10-24(12-11-23)28(26,27)17-7-5-16(20)6-8-17/h5-8H,4,9-13H2,1-3H3. The number of rotatable bonds is 4. The van der Waals surface area contributed by atoms with Gasteiger partial charge in [-0.3, -0.25) is 9.48 Å². The molecule has 0 aliphatic carbocycles. The minimum Gasteiger partial charge on any atom is -0.341 e. The number of hydrogen-bond donors (Lipinski definition) is 0. The zero-order chi connectivity index (χ0) is 20.5. The summed E-state index contributed by atoms with van der Waals surface area (Å²) in [6, 6.07) is 4.82. The normalized spacial score (nSPS) is 16.2. The van der Waals surface area contributed by atoms with Crippen molar-refractivity contribution < 1.29 is 17.6 Å². The Kier molecular flexibility index (Phi) is 5.85. The summed E-state index contributed by atoms with van der Waals surface area (Å²) in [5.41, 5.74) is 2.72. The number of hydrogen-bond acceptors (Lipinski definition) is 4. The Morgan fingerprint density at radius 1 is 1.11 bits per heavy atom. The molecule has 1 aromatic heterocycles. The summed E-state index contributed by atoms with van der Waals surface area (Å²) in [4.78, 5) is 14.6. The highest BCUT2D eigenvalue weighted by atomic mass is 32.2. The number of sulfonamides is 1. The SMILES string of the molecule is Cc1nn(C)c(C)c1CC(=O)N1CCCN(S(=O)(=O)c2ccc(F)cc2)CC1. The van der Waals surface area contributed by atoms with Crippen LogP contribution in [-0.2, 0) is 28.3 Å². The molecule has 0 bridgehead atoms. The van der Waals surface area contributed by atoms with Crippen LogP contribution in [0, 0.1) is 19.7 Å². The Morgan fingerprint density at radius 3 is 2.39 bits per heavy atom. The lowest BCUT2D eigenvalue weighted by atomic mass is 10.1. The monoisotopic (exact) mass is 408 g/mol. The Morgan fingerprint density at radius 2 is 1.79 bits per heavy atom. The van der Waals surface area contributed by atoms with Gasteiger partial charge in [0.25, 0.3) is 0 Å². The van der Waals surface area contributed by atoms with Gasteiger partial charge in [0.2, 0.25) is 15.9 Å². The van der Waals surface area contributed by atoms with Crippen molar-refractivity contribution in [3.63, 3.8) is 0 Å². The van der Waals surface area contributed by atoms with Crippen LogP contribution in [0.2, 0.25) is 0 Å². The third-order valence-corrected chi connectivity index (χ3v) is 7.16. The zero-order valence-electron chi connectivity index (χ0n) is 16.4. The highest BCUT2D eigenvalue weighted by Crippen LogP contribution is 2.19. The number of amides is 1. The average Bonchev–Trinajstić information content (AvgIpc) is 2.85. The number of halogens is 1. The summed E-state index contributed by atoms with van der Waals surface area (Å²) in [7, 11) is -1.86. The third kappa shape index (κ3) is 4.10. The molecule has 2 aromatic rings. The van der Waals surface area contributed by atoms with Crippen LogP contribution in [0.5, 0.6) is 0 Å². The van der Waals surface area contributed by atoms with Crippen molar-refractivity contribution in [1.82, 2.24) is 19.0 Å². The van der Waals surface area contributed by atoms with E-state index in [4.69, 9.17) is 0 Å². The Balaban J connectivity index is 1.69. The molecule has 1 amide bonds. The Bertz CT molecular complexity index is 970. The maximum Gasteiger partial charge on any atom is 0.243 e. The number of aromatic nitrogens is 2. The largest absolute Gasteiger partial charge is 0.341 e. The van der Waals surface area contributed by atoms with Gasteiger partial charge in [-0.2, -0.15) is 9.40 Å². The van der Waals surface area contributed by atoms with Gasteiger partial charge in [0, 0.05) is 44.5 Å². The second-order valence-electron chi connectivity index (χ2n) is 7.04. The van der Waals surface area contributed by atoms with Crippen LogP contribution in [0.1, 0.15) is 23.4 Å². The minimum absolute atomic E-state index is 0.0276. The minimum atomic E-state index is -3.70. The van der Waals surface area contributed by atoms with Gasteiger partial charge in [-0.15, -0.1) is 0 Å². The van der Waals surface area contributed by atoms with Crippen molar-refractivity contribution in [3.05, 3.63) is 47.0 Å². The van der Waals surface area contributed by atoms with E-state index >= 15 is 0 Å². The Labute approximate surface area is 164 Å². The van der Waals surface area contributed by atoms with E-state index in [-0.39, 0.29) is 23.8 Å². The van der Waals surface area contributed by atoms with Crippen LogP contribution in [-0.4, -0.2) is 59.5 Å². The van der Waals surface area contributed by atoms with Gasteiger partial charge in [-0.25, -0.2) is 12.8 Å². The molecular formula is C19H25FN4O3S. The average molecular weight is 408 g/mol. The van der Waals surface area contributed by atoms with Crippen LogP contribution in [0.25, 0.3) is 0 Å². The molecule has 0 N–H and O–H groups in total. The predicted molar refractivity (Wildman–Crippen MR) is 103 cm³/mol. The van der Waals surface area contributed by atoms with E-state index in [1.54, 1.807) is 9.58 Å². The maximum absolute atomic E-state index is 13.1. The van der Waals surface area contributed by atoms with Crippen molar-refractivity contribution in [2.45, 2.75) is 31.6 Å². The van der Waals surface area contributed by atoms with E-state index in [0.717, 1.165) is 29.1 Å². The molecular weight excluding hydrogens is 383 g/mol. The molecule has 9 heteroatoms. The summed E-state index contributed by atoms with van der Waals surface area (Å²) >= 11 is 0. The van der Waals surface area contributed by atoms with E-state index in [1.165, 1.54) is 16.4 Å². The van der Waals surface area contributed by atoms with Gasteiger partial charge >= 0.3 is 0 Å². The van der Waals surface area contributed by atoms with Gasteiger partial charge in [0.05, 0.1) is 17.0 Å². The highest BCUT2D eigenvalue weighted by molar-refractivity contribution is 7.89. The van der Waals surface area contributed by atoms with Crippen molar-refractivity contribution in [2.75, 3.05) is 26.2 Å². The molecule has 28 heavy (non-hydrogen) atoms. The number of carbonyl (C=O) groups is 1. The van der Waals surface area contributed by atoms with Gasteiger partial charge < -0.3 is 4.90 Å². The number of aryl methyl sites for hydroxylation is 2. The topological polar surface area (TPSA) is 75.5 Å². The van der Waals surface area contributed by atoms with Crippen molar-refractivity contribution in [3.8, 4) is 0 Å². The first-order chi connectivity index (χ1) is 13.2. The first-order valence-electron chi connectivity index (χ1n) is 9.22. The van der Waals surface area contributed by atoms with Gasteiger partial charge in [-0.1, -0.05) is 0 Å². The zero-order valence-corrected chi connectivity index (χ0v) is 17.2. The summed E-state index contributed by atoms with van der Waals surface area (Å²) in [5.74, 6) is -0.507. The quantitative estimate of drug-likeness (QED) is 0.771. The van der Waals surface area contributed by atoms with Crippen LogP contribution in [0.15, 0.2) is 29.2 Å². The summed E-state index contributed by atoms with van der Waals surface area (Å²) < 4.78 is 41.8. The molecule has 0 spiro atoms. The van der Waals surface area contributed by atoms with Crippen LogP contribution in [0.3, 0.4) is 0 Å². The fourth-order valence-corrected chi connectivity index (χ4v) is 4.95. The van der Waals surface area contributed by atoms with Crippen molar-refractivity contribution in [2.24, 2.45) is 7.05 Å². The lowest BCUT2D eigenvalue weighted by Gasteiger charge is -2.22. The van der Waals surface area contributed by atoms with E-state index in [2.05, 4.69) is 5.10 Å². The predicted octanol–water partition coefficient (Wildman–Crippen LogP) is 1.64. The molecule has 0 atom stereocenters. The van der Waals surface area contributed by atoms with E-state index in [9.17, 15) is 17.6 Å². The first kappa shape index (κ1) is 20.5. The van der Waals surface area contributed by atoms with Crippen molar-refractivity contribution >= 4 is 15.9 Å². The Hall–Kier alpha value is -2.26. The molecule has 3 rings (SSSR count). The van der Waals surface area contributed by atoms with E-state index in [1.807, 2.05) is 20.9 Å². The first-order valence-corrected chi connectivity index (χ1v) is 10.7. The van der Waals surface area contributed by atoms with Crippen LogP contribution in [0.4, 0.5) is 4.39 Å². The van der Waals surface area contributed by atoms with E-state index < -0.39 is 15.8 Å². The second-order valence-corrected chi connectivity index (χ2v) is 8.98. The van der Waals surface area contributed by atoms with Crippen LogP contribution < -0.4 is 0 Å². The number of carbonyl (C=O) groups excluding carboxylic acids is 1. The molecule has 1 fully saturated rings. The summed E-state index contributed by atoms with van der Waals surface area (Å²) in [5, 5.41) is 4.34. The molecule has 1 aromatic carbocycles. The number of nitrogens with zero attached hydrogens (tertiary/aromatic N) is 4. The highest BCUT2D eigenvalue weighted by Gasteiger charge is 2.28. The van der Waals surface area contributed by atoms with Crippen molar-refractivity contribution in [1.29, 1.82) is 0 Å². The summed E-state index contributed by atoms with van der Waals surface area (Å²) in [6.45, 7) is 5.20. The lowest BCUT2D eigenvalue weighted by molar-refractivity contribution is -0.130. The molecule has 7 nitrogen and oxygen atoms in total. The van der Waals surface area contributed by atoms with Gasteiger partial charge in [-0.05, 0) is 44.5 Å². The van der Waals surface area contributed by atoms with Gasteiger partial charge in [0.15, 0.2) is 0 Å². The third-order valence-electron chi connectivity index (χ3n) is 5.25. The van der Waals surface area contributed by atoms with Crippen LogP contribution >= 0.6 is 0 Å². The number of benzene rings is 1. The molecule has 1 saturated heterocycles. The lowest BCUT2D eigenvalue weighted by Crippen LogP contribution is -2.38. The molecule has 1 aliphatic heterocycles. The molecule has 0 unspecified atom stereocenters.